The summed E-state index contributed by atoms with van der Waals surface area (Å²) in [6.07, 6.45) is 4.32. The summed E-state index contributed by atoms with van der Waals surface area (Å²) in [6, 6.07) is 35.0. The minimum absolute atomic E-state index is 0.103. The topological polar surface area (TPSA) is 46.9 Å². The average Bonchev–Trinajstić information content (AvgIpc) is 3.61. The molecule has 3 aliphatic rings. The molecule has 4 heteroatoms. The van der Waals surface area contributed by atoms with Crippen molar-refractivity contribution in [2.45, 2.75) is 96.1 Å². The van der Waals surface area contributed by atoms with Gasteiger partial charge in [0.25, 0.3) is 0 Å². The van der Waals surface area contributed by atoms with Crippen LogP contribution in [0.4, 0.5) is 0 Å². The molecule has 0 aliphatic heterocycles. The van der Waals surface area contributed by atoms with Crippen molar-refractivity contribution in [3.05, 3.63) is 176 Å². The number of rotatable bonds is 9. The van der Waals surface area contributed by atoms with Crippen LogP contribution in [0.5, 0.6) is 11.5 Å². The van der Waals surface area contributed by atoms with E-state index in [0.717, 1.165) is 35.3 Å². The molecule has 0 saturated carbocycles. The molecular weight excluding hydrogens is 709 g/mol. The summed E-state index contributed by atoms with van der Waals surface area (Å²) < 4.78 is 0. The normalized spacial score (nSPS) is 20.1. The second kappa shape index (κ2) is 14.3. The van der Waals surface area contributed by atoms with Crippen molar-refractivity contribution in [1.82, 2.24) is 9.80 Å². The molecule has 5 aromatic carbocycles. The Kier molecular flexibility index (Phi) is 9.82. The smallest absolute Gasteiger partial charge is 0.124 e. The summed E-state index contributed by atoms with van der Waals surface area (Å²) >= 11 is 0. The Hall–Kier alpha value is -5.08. The van der Waals surface area contributed by atoms with Gasteiger partial charge in [0.05, 0.1) is 0 Å². The van der Waals surface area contributed by atoms with Crippen LogP contribution in [0.25, 0.3) is 11.1 Å². The van der Waals surface area contributed by atoms with E-state index in [-0.39, 0.29) is 22.7 Å². The van der Waals surface area contributed by atoms with Crippen molar-refractivity contribution in [3.63, 3.8) is 0 Å². The molecule has 0 radical (unpaired) electrons. The van der Waals surface area contributed by atoms with Gasteiger partial charge < -0.3 is 20.0 Å². The summed E-state index contributed by atoms with van der Waals surface area (Å²) in [5.41, 5.74) is 19.2. The SMILES string of the molecule is CN(CCN(C)Cc1cc(C(C)(C)C)cc(C2(C)c3ccccc3C3C=C=C=CC32)c1O)Cc1cc(C(C)(C)C)cc(C2(C)c3ccccc3-c3ccccc32)c1O. The lowest BCUT2D eigenvalue weighted by molar-refractivity contribution is 0.243. The Bertz CT molecular complexity index is 2470. The maximum atomic E-state index is 12.3. The van der Waals surface area contributed by atoms with Crippen LogP contribution in [-0.4, -0.2) is 47.2 Å². The van der Waals surface area contributed by atoms with E-state index in [1.807, 2.05) is 0 Å². The molecule has 58 heavy (non-hydrogen) atoms. The molecule has 0 saturated heterocycles. The second-order valence-electron chi connectivity index (χ2n) is 19.7. The van der Waals surface area contributed by atoms with Crippen molar-refractivity contribution < 1.29 is 10.2 Å². The molecule has 0 bridgehead atoms. The molecule has 0 spiro atoms. The van der Waals surface area contributed by atoms with Crippen LogP contribution in [0.3, 0.4) is 0 Å². The molecule has 3 aliphatic carbocycles. The van der Waals surface area contributed by atoms with Gasteiger partial charge in [-0.2, -0.15) is 0 Å². The summed E-state index contributed by atoms with van der Waals surface area (Å²) in [6.45, 7) is 20.9. The minimum atomic E-state index is -0.492. The van der Waals surface area contributed by atoms with Gasteiger partial charge in [-0.1, -0.05) is 157 Å². The van der Waals surface area contributed by atoms with Crippen LogP contribution in [0, 0.1) is 5.92 Å². The monoisotopic (exact) mass is 768 g/mol. The van der Waals surface area contributed by atoms with Crippen LogP contribution in [0.1, 0.15) is 117 Å². The van der Waals surface area contributed by atoms with Crippen LogP contribution >= 0.6 is 0 Å². The number of fused-ring (bicyclic) bond motifs is 6. The number of benzene rings is 5. The third-order valence-corrected chi connectivity index (χ3v) is 13.7. The highest BCUT2D eigenvalue weighted by atomic mass is 16.3. The Morgan fingerprint density at radius 2 is 1.02 bits per heavy atom. The van der Waals surface area contributed by atoms with Crippen molar-refractivity contribution in [3.8, 4) is 22.6 Å². The molecule has 0 amide bonds. The highest BCUT2D eigenvalue weighted by molar-refractivity contribution is 5.84. The van der Waals surface area contributed by atoms with Crippen LogP contribution in [-0.2, 0) is 34.7 Å². The molecule has 298 valence electrons. The Morgan fingerprint density at radius 1 is 0.569 bits per heavy atom. The lowest BCUT2D eigenvalue weighted by Gasteiger charge is -2.36. The third-order valence-electron chi connectivity index (χ3n) is 13.7. The van der Waals surface area contributed by atoms with Gasteiger partial charge in [0.2, 0.25) is 0 Å². The Labute approximate surface area is 346 Å². The first-order chi connectivity index (χ1) is 27.4. The van der Waals surface area contributed by atoms with Gasteiger partial charge in [0.1, 0.15) is 11.5 Å². The van der Waals surface area contributed by atoms with Gasteiger partial charge in [-0.05, 0) is 88.5 Å². The second-order valence-corrected chi connectivity index (χ2v) is 19.7. The van der Waals surface area contributed by atoms with E-state index in [1.165, 1.54) is 44.5 Å². The zero-order chi connectivity index (χ0) is 41.4. The first-order valence-electron chi connectivity index (χ1n) is 21.0. The predicted octanol–water partition coefficient (Wildman–Crippen LogP) is 11.5. The Morgan fingerprint density at radius 3 is 1.55 bits per heavy atom. The largest absolute Gasteiger partial charge is 0.507 e. The molecule has 5 aromatic rings. The fourth-order valence-corrected chi connectivity index (χ4v) is 10.2. The average molecular weight is 769 g/mol. The number of likely N-dealkylation sites (N-methyl/N-ethyl adjacent to an activating group) is 2. The summed E-state index contributed by atoms with van der Waals surface area (Å²) in [5, 5.41) is 24.6. The zero-order valence-electron chi connectivity index (χ0n) is 36.2. The van der Waals surface area contributed by atoms with E-state index < -0.39 is 10.8 Å². The number of phenols is 2. The molecular formula is C54H60N2O2. The summed E-state index contributed by atoms with van der Waals surface area (Å²) in [7, 11) is 4.29. The maximum absolute atomic E-state index is 12.3. The van der Waals surface area contributed by atoms with Gasteiger partial charge in [-0.25, -0.2) is 0 Å². The van der Waals surface area contributed by atoms with Crippen LogP contribution < -0.4 is 0 Å². The number of aromatic hydroxyl groups is 2. The van der Waals surface area contributed by atoms with Gasteiger partial charge in [0, 0.05) is 71.1 Å². The van der Waals surface area contributed by atoms with Gasteiger partial charge in [0.15, 0.2) is 0 Å². The zero-order valence-corrected chi connectivity index (χ0v) is 36.2. The van der Waals surface area contributed by atoms with E-state index in [2.05, 4.69) is 200 Å². The van der Waals surface area contributed by atoms with Crippen molar-refractivity contribution >= 4 is 0 Å². The third kappa shape index (κ3) is 6.48. The number of phenolic OH excluding ortho intramolecular Hbond substituents is 2. The number of allylic oxidation sites excluding steroid dienone is 2. The molecule has 0 heterocycles. The van der Waals surface area contributed by atoms with E-state index in [0.29, 0.717) is 24.6 Å². The lowest BCUT2D eigenvalue weighted by atomic mass is 9.67. The van der Waals surface area contributed by atoms with Crippen molar-refractivity contribution in [2.24, 2.45) is 5.92 Å². The minimum Gasteiger partial charge on any atom is -0.507 e. The maximum Gasteiger partial charge on any atom is 0.124 e. The molecule has 0 fully saturated rings. The number of nitrogens with zero attached hydrogens (tertiary/aromatic N) is 2. The predicted molar refractivity (Wildman–Crippen MR) is 239 cm³/mol. The highest BCUT2D eigenvalue weighted by Crippen LogP contribution is 2.58. The van der Waals surface area contributed by atoms with E-state index in [4.69, 9.17) is 0 Å². The Balaban J connectivity index is 1.07. The molecule has 2 N–H and O–H groups in total. The fraction of sp³-hybridized carbons (Fsp3) is 0.370. The van der Waals surface area contributed by atoms with Crippen LogP contribution in [0.2, 0.25) is 0 Å². The molecule has 3 unspecified atom stereocenters. The van der Waals surface area contributed by atoms with E-state index >= 15 is 0 Å². The molecule has 8 rings (SSSR count). The van der Waals surface area contributed by atoms with E-state index in [9.17, 15) is 10.2 Å². The molecule has 3 atom stereocenters. The number of hydrogen-bond donors (Lipinski definition) is 2. The van der Waals surface area contributed by atoms with Crippen LogP contribution in [0.15, 0.2) is 121 Å². The van der Waals surface area contributed by atoms with Gasteiger partial charge >= 0.3 is 0 Å². The van der Waals surface area contributed by atoms with E-state index in [1.54, 1.807) is 0 Å². The van der Waals surface area contributed by atoms with Gasteiger partial charge in [-0.3, -0.25) is 0 Å². The molecule has 0 aromatic heterocycles. The number of hydrogen-bond acceptors (Lipinski definition) is 4. The molecule has 4 nitrogen and oxygen atoms in total. The first kappa shape index (κ1) is 39.7. The quantitative estimate of drug-likeness (QED) is 0.147. The van der Waals surface area contributed by atoms with Crippen molar-refractivity contribution in [2.75, 3.05) is 27.2 Å². The van der Waals surface area contributed by atoms with Gasteiger partial charge in [-0.15, -0.1) is 0 Å². The summed E-state index contributed by atoms with van der Waals surface area (Å²) in [5.74, 6) is 1.11. The van der Waals surface area contributed by atoms with Crippen molar-refractivity contribution in [1.29, 1.82) is 0 Å². The standard InChI is InChI=1S/C54H60N2O2/c1-51(2,3)37-29-35(49(57)47(31-37)53(7)43-23-15-11-19-39(43)40-20-12-16-24-44(40)53)33-55(9)27-28-56(10)34-36-30-38(52(4,5)6)32-48(50(36)58)54(8)45-25-17-13-21-41(45)42-22-14-18-26-46(42)54/h11-13,15-17,19-26,29-32,42,46,57-58H,27-28,33-34H2,1-10H3. The summed E-state index contributed by atoms with van der Waals surface area (Å²) in [4.78, 5) is 4.62. The lowest BCUT2D eigenvalue weighted by Crippen LogP contribution is -2.32. The first-order valence-corrected chi connectivity index (χ1v) is 21.0. The fourth-order valence-electron chi connectivity index (χ4n) is 10.2. The highest BCUT2D eigenvalue weighted by Gasteiger charge is 2.50.